The Labute approximate surface area is 135 Å². The van der Waals surface area contributed by atoms with E-state index in [-0.39, 0.29) is 5.60 Å². The third-order valence-electron chi connectivity index (χ3n) is 4.05. The van der Waals surface area contributed by atoms with Gasteiger partial charge in [0.15, 0.2) is 0 Å². The van der Waals surface area contributed by atoms with Crippen molar-refractivity contribution in [2.75, 3.05) is 0 Å². The summed E-state index contributed by atoms with van der Waals surface area (Å²) in [5.41, 5.74) is -0.384. The Morgan fingerprint density at radius 1 is 1.00 bits per heavy atom. The molecular weight excluding hydrogens is 276 g/mol. The number of ether oxygens (including phenoxy) is 2. The van der Waals surface area contributed by atoms with Gasteiger partial charge in [-0.1, -0.05) is 77.2 Å². The molecule has 0 radical (unpaired) electrons. The van der Waals surface area contributed by atoms with Gasteiger partial charge in [-0.05, 0) is 18.6 Å². The van der Waals surface area contributed by atoms with Gasteiger partial charge in [0.05, 0.1) is 12.5 Å². The predicted octanol–water partition coefficient (Wildman–Crippen LogP) is 5.00. The molecule has 3 nitrogen and oxygen atoms in total. The van der Waals surface area contributed by atoms with Crippen LogP contribution in [0.25, 0.3) is 0 Å². The zero-order valence-electron chi connectivity index (χ0n) is 13.8. The zero-order chi connectivity index (χ0) is 16.3. The van der Waals surface area contributed by atoms with E-state index in [9.17, 15) is 5.11 Å². The van der Waals surface area contributed by atoms with E-state index in [0.29, 0.717) is 0 Å². The Morgan fingerprint density at radius 2 is 1.59 bits per heavy atom. The van der Waals surface area contributed by atoms with E-state index in [1.807, 2.05) is 18.2 Å². The maximum atomic E-state index is 10.0. The minimum absolute atomic E-state index is 0.384. The van der Waals surface area contributed by atoms with Crippen molar-refractivity contribution < 1.29 is 14.6 Å². The Balaban J connectivity index is 0.000000422. The van der Waals surface area contributed by atoms with Crippen molar-refractivity contribution in [1.29, 1.82) is 0 Å². The minimum Gasteiger partial charge on any atom is -0.474 e. The number of aliphatic hydroxyl groups is 1. The second kappa shape index (κ2) is 9.65. The molecule has 0 saturated carbocycles. The van der Waals surface area contributed by atoms with Crippen LogP contribution < -0.4 is 0 Å². The first-order chi connectivity index (χ1) is 10.6. The molecule has 0 amide bonds. The molecule has 1 heterocycles. The van der Waals surface area contributed by atoms with Gasteiger partial charge in [-0.25, -0.2) is 0 Å². The summed E-state index contributed by atoms with van der Waals surface area (Å²) in [6.45, 7) is 8.76. The van der Waals surface area contributed by atoms with Crippen LogP contribution in [0, 0.1) is 0 Å². The summed E-state index contributed by atoms with van der Waals surface area (Å²) in [7, 11) is 0. The van der Waals surface area contributed by atoms with E-state index < -0.39 is 5.79 Å². The van der Waals surface area contributed by atoms with Crippen LogP contribution in [0.4, 0.5) is 0 Å². The van der Waals surface area contributed by atoms with Crippen molar-refractivity contribution in [2.45, 2.75) is 69.7 Å². The van der Waals surface area contributed by atoms with Crippen LogP contribution >= 0.6 is 0 Å². The van der Waals surface area contributed by atoms with Crippen LogP contribution in [0.3, 0.4) is 0 Å². The number of hydrogen-bond donors (Lipinski definition) is 1. The standard InChI is InChI=1S/C15H24O2.C4H6O/c1-2-3-4-5-6-7-8-11-14-12-9-10-13-15(14,16)17-14;1-3-5-4-2/h9-10,12-13,16H,2-8,11H2,1H3;3-4H,1-2H2. The number of allylic oxidation sites excluding steroid dienone is 2. The zero-order valence-corrected chi connectivity index (χ0v) is 13.8. The summed E-state index contributed by atoms with van der Waals surface area (Å²) in [6.07, 6.45) is 20.3. The molecule has 0 bridgehead atoms. The van der Waals surface area contributed by atoms with Crippen molar-refractivity contribution in [3.05, 3.63) is 50.0 Å². The monoisotopic (exact) mass is 306 g/mol. The molecule has 1 saturated heterocycles. The minimum atomic E-state index is -0.982. The summed E-state index contributed by atoms with van der Waals surface area (Å²) in [5.74, 6) is -0.982. The lowest BCUT2D eigenvalue weighted by Crippen LogP contribution is -2.23. The fourth-order valence-corrected chi connectivity index (χ4v) is 2.70. The van der Waals surface area contributed by atoms with Crippen LogP contribution in [0.1, 0.15) is 58.3 Å². The lowest BCUT2D eigenvalue weighted by atomic mass is 9.91. The molecule has 2 aliphatic rings. The van der Waals surface area contributed by atoms with Crippen LogP contribution in [-0.4, -0.2) is 16.5 Å². The maximum Gasteiger partial charge on any atom is 0.220 e. The second-order valence-electron chi connectivity index (χ2n) is 5.75. The number of unbranched alkanes of at least 4 members (excludes halogenated alkanes) is 6. The average Bonchev–Trinajstić information content (AvgIpc) is 3.14. The first kappa shape index (κ1) is 18.7. The molecule has 2 atom stereocenters. The van der Waals surface area contributed by atoms with E-state index in [1.54, 1.807) is 6.08 Å². The van der Waals surface area contributed by atoms with Gasteiger partial charge in [0, 0.05) is 0 Å². The topological polar surface area (TPSA) is 42.0 Å². The fourth-order valence-electron chi connectivity index (χ4n) is 2.70. The molecule has 1 fully saturated rings. The second-order valence-corrected chi connectivity index (χ2v) is 5.75. The molecule has 1 aliphatic carbocycles. The smallest absolute Gasteiger partial charge is 0.220 e. The SMILES string of the molecule is C=COC=C.CCCCCCCCCC12C=CC=CC1(O)O2. The highest BCUT2D eigenvalue weighted by Crippen LogP contribution is 2.53. The number of fused-ring (bicyclic) bond motifs is 1. The Kier molecular flexibility index (Phi) is 8.21. The third kappa shape index (κ3) is 5.47. The predicted molar refractivity (Wildman–Crippen MR) is 91.1 cm³/mol. The molecular formula is C19H30O3. The van der Waals surface area contributed by atoms with E-state index in [4.69, 9.17) is 4.74 Å². The average molecular weight is 306 g/mol. The summed E-state index contributed by atoms with van der Waals surface area (Å²) >= 11 is 0. The number of epoxide rings is 1. The Morgan fingerprint density at radius 3 is 2.14 bits per heavy atom. The molecule has 1 N–H and O–H groups in total. The van der Waals surface area contributed by atoms with Gasteiger partial charge in [-0.15, -0.1) is 0 Å². The highest BCUT2D eigenvalue weighted by molar-refractivity contribution is 5.35. The van der Waals surface area contributed by atoms with Gasteiger partial charge in [0.2, 0.25) is 5.79 Å². The largest absolute Gasteiger partial charge is 0.474 e. The molecule has 124 valence electrons. The summed E-state index contributed by atoms with van der Waals surface area (Å²) in [4.78, 5) is 0. The molecule has 1 aliphatic heterocycles. The molecule has 0 aromatic rings. The van der Waals surface area contributed by atoms with Gasteiger partial charge in [0.25, 0.3) is 0 Å². The van der Waals surface area contributed by atoms with Crippen molar-refractivity contribution in [3.8, 4) is 0 Å². The van der Waals surface area contributed by atoms with Crippen LogP contribution in [-0.2, 0) is 9.47 Å². The fraction of sp³-hybridized carbons (Fsp3) is 0.579. The van der Waals surface area contributed by atoms with Gasteiger partial charge in [0.1, 0.15) is 5.60 Å². The Hall–Kier alpha value is -1.32. The first-order valence-corrected chi connectivity index (χ1v) is 8.31. The normalized spacial score (nSPS) is 27.4. The highest BCUT2D eigenvalue weighted by atomic mass is 16.7. The number of hydrogen-bond acceptors (Lipinski definition) is 3. The first-order valence-electron chi connectivity index (χ1n) is 8.31. The molecule has 22 heavy (non-hydrogen) atoms. The van der Waals surface area contributed by atoms with E-state index in [2.05, 4.69) is 24.8 Å². The third-order valence-corrected chi connectivity index (χ3v) is 4.05. The summed E-state index contributed by atoms with van der Waals surface area (Å²) in [5, 5.41) is 10.0. The number of rotatable bonds is 10. The van der Waals surface area contributed by atoms with E-state index in [1.165, 1.54) is 51.0 Å². The van der Waals surface area contributed by atoms with Crippen LogP contribution in [0.5, 0.6) is 0 Å². The van der Waals surface area contributed by atoms with Gasteiger partial charge in [-0.3, -0.25) is 0 Å². The van der Waals surface area contributed by atoms with Crippen LogP contribution in [0.15, 0.2) is 50.0 Å². The Bertz CT molecular complexity index is 393. The molecule has 0 aromatic carbocycles. The maximum absolute atomic E-state index is 10.0. The summed E-state index contributed by atoms with van der Waals surface area (Å²) in [6, 6.07) is 0. The van der Waals surface area contributed by atoms with Gasteiger partial charge < -0.3 is 14.6 Å². The van der Waals surface area contributed by atoms with E-state index >= 15 is 0 Å². The van der Waals surface area contributed by atoms with Crippen LogP contribution in [0.2, 0.25) is 0 Å². The van der Waals surface area contributed by atoms with Crippen molar-refractivity contribution >= 4 is 0 Å². The van der Waals surface area contributed by atoms with Gasteiger partial charge in [-0.2, -0.15) is 0 Å². The lowest BCUT2D eigenvalue weighted by Gasteiger charge is -2.11. The van der Waals surface area contributed by atoms with E-state index in [0.717, 1.165) is 12.8 Å². The molecule has 2 rings (SSSR count). The van der Waals surface area contributed by atoms with Crippen molar-refractivity contribution in [2.24, 2.45) is 0 Å². The molecule has 0 spiro atoms. The van der Waals surface area contributed by atoms with Crippen molar-refractivity contribution in [1.82, 2.24) is 0 Å². The summed E-state index contributed by atoms with van der Waals surface area (Å²) < 4.78 is 9.84. The lowest BCUT2D eigenvalue weighted by molar-refractivity contribution is 0.0825. The molecule has 3 heteroatoms. The molecule has 2 unspecified atom stereocenters. The highest BCUT2D eigenvalue weighted by Gasteiger charge is 2.66. The van der Waals surface area contributed by atoms with Gasteiger partial charge >= 0.3 is 0 Å². The van der Waals surface area contributed by atoms with Crippen molar-refractivity contribution in [3.63, 3.8) is 0 Å². The molecule has 0 aromatic heterocycles. The quantitative estimate of drug-likeness (QED) is 0.351.